The Kier molecular flexibility index (Phi) is 6.85. The molecule has 0 fully saturated rings. The van der Waals surface area contributed by atoms with Crippen molar-refractivity contribution in [1.29, 1.82) is 0 Å². The maximum absolute atomic E-state index is 10.2. The van der Waals surface area contributed by atoms with Crippen molar-refractivity contribution in [3.63, 3.8) is 0 Å². The lowest BCUT2D eigenvalue weighted by atomic mass is 10.2. The molecule has 0 radical (unpaired) electrons. The maximum atomic E-state index is 10.2. The minimum absolute atomic E-state index is 0.0992. The summed E-state index contributed by atoms with van der Waals surface area (Å²) in [4.78, 5) is 10.2. The highest BCUT2D eigenvalue weighted by molar-refractivity contribution is 6.31. The molecule has 3 heteroatoms. The molecule has 0 spiro atoms. The molecule has 0 atom stereocenters. The number of carbonyl (C=O) groups excluding carboxylic acids is 1. The van der Waals surface area contributed by atoms with Crippen molar-refractivity contribution >= 4 is 17.9 Å². The molecular weight excluding hydrogens is 200 g/mol. The average molecular weight is 215 g/mol. The lowest BCUT2D eigenvalue weighted by Gasteiger charge is -1.97. The number of halogens is 1. The summed E-state index contributed by atoms with van der Waals surface area (Å²) in [5, 5.41) is 9.75. The molecule has 0 aliphatic heterocycles. The number of aliphatic hydroxyl groups is 1. The minimum Gasteiger partial charge on any atom is -0.508 e. The highest BCUT2D eigenvalue weighted by atomic mass is 35.5. The average Bonchev–Trinajstić information content (AvgIpc) is 2.15. The molecule has 0 aliphatic carbocycles. The minimum atomic E-state index is 0.0992. The van der Waals surface area contributed by atoms with Gasteiger partial charge in [0.1, 0.15) is 12.0 Å². The predicted molar refractivity (Wildman–Crippen MR) is 59.4 cm³/mol. The molecule has 0 aromatic heterocycles. The third kappa shape index (κ3) is 5.60. The van der Waals surface area contributed by atoms with Crippen LogP contribution in [0.1, 0.15) is 26.7 Å². The van der Waals surface area contributed by atoms with E-state index in [9.17, 15) is 9.90 Å². The Morgan fingerprint density at radius 1 is 1.50 bits per heavy atom. The predicted octanol–water partition coefficient (Wildman–Crippen LogP) is 3.50. The van der Waals surface area contributed by atoms with Crippen molar-refractivity contribution < 1.29 is 9.90 Å². The van der Waals surface area contributed by atoms with Crippen LogP contribution in [-0.4, -0.2) is 11.4 Å². The highest BCUT2D eigenvalue weighted by Gasteiger charge is 1.96. The van der Waals surface area contributed by atoms with Crippen LogP contribution in [0.15, 0.2) is 34.6 Å². The summed E-state index contributed by atoms with van der Waals surface area (Å²) in [6, 6.07) is 0. The van der Waals surface area contributed by atoms with Gasteiger partial charge < -0.3 is 9.90 Å². The van der Waals surface area contributed by atoms with Crippen LogP contribution in [0.4, 0.5) is 0 Å². The van der Waals surface area contributed by atoms with Gasteiger partial charge in [0.25, 0.3) is 0 Å². The van der Waals surface area contributed by atoms with E-state index in [4.69, 9.17) is 11.6 Å². The standard InChI is InChI=1S/C11H15ClO2/c1-3-4-5-10(14)8-11(12)9(2)6-7-13/h4-5,7-8,14H,3,6H2,1-2H3/b5-4-,10-8+,11-9-. The smallest absolute Gasteiger partial charge is 0.124 e. The van der Waals surface area contributed by atoms with Crippen molar-refractivity contribution in [2.24, 2.45) is 0 Å². The van der Waals surface area contributed by atoms with E-state index in [-0.39, 0.29) is 5.76 Å². The summed E-state index contributed by atoms with van der Waals surface area (Å²) >= 11 is 5.83. The Labute approximate surface area is 89.6 Å². The Bertz CT molecular complexity index is 275. The van der Waals surface area contributed by atoms with Crippen LogP contribution in [-0.2, 0) is 4.79 Å². The summed E-state index contributed by atoms with van der Waals surface area (Å²) in [5.74, 6) is 0.0992. The molecule has 0 rings (SSSR count). The molecule has 0 bridgehead atoms. The fraction of sp³-hybridized carbons (Fsp3) is 0.364. The van der Waals surface area contributed by atoms with Crippen LogP contribution in [0.3, 0.4) is 0 Å². The fourth-order valence-corrected chi connectivity index (χ4v) is 0.951. The first kappa shape index (κ1) is 13.0. The van der Waals surface area contributed by atoms with E-state index in [1.54, 1.807) is 13.0 Å². The Morgan fingerprint density at radius 3 is 2.64 bits per heavy atom. The second-order valence-corrected chi connectivity index (χ2v) is 3.29. The van der Waals surface area contributed by atoms with Gasteiger partial charge in [0.15, 0.2) is 0 Å². The SMILES string of the molecule is CC\C=C/C(O)=C\C(Cl)=C(/C)CC=O. The van der Waals surface area contributed by atoms with E-state index in [1.807, 2.05) is 13.0 Å². The highest BCUT2D eigenvalue weighted by Crippen LogP contribution is 2.14. The van der Waals surface area contributed by atoms with Gasteiger partial charge in [-0.05, 0) is 31.1 Å². The number of rotatable bonds is 5. The van der Waals surface area contributed by atoms with Crippen LogP contribution >= 0.6 is 11.6 Å². The lowest BCUT2D eigenvalue weighted by molar-refractivity contribution is -0.107. The molecule has 0 unspecified atom stereocenters. The van der Waals surface area contributed by atoms with Crippen molar-refractivity contribution in [2.45, 2.75) is 26.7 Å². The van der Waals surface area contributed by atoms with Gasteiger partial charge in [-0.2, -0.15) is 0 Å². The molecule has 78 valence electrons. The number of hydrogen-bond donors (Lipinski definition) is 1. The first-order chi connectivity index (χ1) is 6.61. The molecule has 0 amide bonds. The monoisotopic (exact) mass is 214 g/mol. The van der Waals surface area contributed by atoms with Crippen molar-refractivity contribution in [1.82, 2.24) is 0 Å². The van der Waals surface area contributed by atoms with Crippen LogP contribution < -0.4 is 0 Å². The Balaban J connectivity index is 4.54. The molecule has 2 nitrogen and oxygen atoms in total. The van der Waals surface area contributed by atoms with Gasteiger partial charge in [0, 0.05) is 11.5 Å². The summed E-state index contributed by atoms with van der Waals surface area (Å²) in [6.07, 6.45) is 6.77. The summed E-state index contributed by atoms with van der Waals surface area (Å²) in [7, 11) is 0. The van der Waals surface area contributed by atoms with Crippen molar-refractivity contribution in [3.8, 4) is 0 Å². The zero-order valence-electron chi connectivity index (χ0n) is 8.46. The van der Waals surface area contributed by atoms with E-state index in [0.717, 1.165) is 18.3 Å². The van der Waals surface area contributed by atoms with Gasteiger partial charge in [-0.3, -0.25) is 0 Å². The largest absolute Gasteiger partial charge is 0.508 e. The third-order valence-corrected chi connectivity index (χ3v) is 2.03. The number of aldehydes is 1. The molecule has 1 N–H and O–H groups in total. The topological polar surface area (TPSA) is 37.3 Å². The molecule has 0 saturated heterocycles. The number of carbonyl (C=O) groups is 1. The van der Waals surface area contributed by atoms with Crippen LogP contribution in [0.5, 0.6) is 0 Å². The summed E-state index contributed by atoms with van der Waals surface area (Å²) in [5.41, 5.74) is 0.748. The summed E-state index contributed by atoms with van der Waals surface area (Å²) < 4.78 is 0. The Hall–Kier alpha value is -1.02. The van der Waals surface area contributed by atoms with Crippen LogP contribution in [0.2, 0.25) is 0 Å². The van der Waals surface area contributed by atoms with Gasteiger partial charge >= 0.3 is 0 Å². The van der Waals surface area contributed by atoms with E-state index < -0.39 is 0 Å². The second-order valence-electron chi connectivity index (χ2n) is 2.88. The van der Waals surface area contributed by atoms with E-state index in [1.165, 1.54) is 6.08 Å². The maximum Gasteiger partial charge on any atom is 0.124 e. The van der Waals surface area contributed by atoms with Crippen molar-refractivity contribution in [3.05, 3.63) is 34.6 Å². The quantitative estimate of drug-likeness (QED) is 0.432. The number of aliphatic hydroxyl groups excluding tert-OH is 1. The van der Waals surface area contributed by atoms with E-state index in [2.05, 4.69) is 0 Å². The molecule has 0 aromatic rings. The zero-order chi connectivity index (χ0) is 11.0. The molecule has 0 aliphatic rings. The van der Waals surface area contributed by atoms with E-state index >= 15 is 0 Å². The molecule has 14 heavy (non-hydrogen) atoms. The fourth-order valence-electron chi connectivity index (χ4n) is 0.762. The third-order valence-electron chi connectivity index (χ3n) is 1.60. The molecule has 0 saturated carbocycles. The van der Waals surface area contributed by atoms with Gasteiger partial charge in [-0.25, -0.2) is 0 Å². The first-order valence-electron chi connectivity index (χ1n) is 4.47. The van der Waals surface area contributed by atoms with Crippen molar-refractivity contribution in [2.75, 3.05) is 0 Å². The molecule has 0 aromatic carbocycles. The summed E-state index contributed by atoms with van der Waals surface area (Å²) in [6.45, 7) is 3.73. The van der Waals surface area contributed by atoms with Gasteiger partial charge in [-0.1, -0.05) is 24.6 Å². The second kappa shape index (κ2) is 7.39. The van der Waals surface area contributed by atoms with E-state index in [0.29, 0.717) is 11.5 Å². The van der Waals surface area contributed by atoms with Gasteiger partial charge in [-0.15, -0.1) is 0 Å². The van der Waals surface area contributed by atoms with Crippen LogP contribution in [0, 0.1) is 0 Å². The van der Waals surface area contributed by atoms with Gasteiger partial charge in [0.05, 0.1) is 0 Å². The van der Waals surface area contributed by atoms with Crippen LogP contribution in [0.25, 0.3) is 0 Å². The zero-order valence-corrected chi connectivity index (χ0v) is 9.21. The number of hydrogen-bond acceptors (Lipinski definition) is 2. The molecule has 0 heterocycles. The first-order valence-corrected chi connectivity index (χ1v) is 4.85. The number of allylic oxidation sites excluding steroid dienone is 5. The van der Waals surface area contributed by atoms with Gasteiger partial charge in [0.2, 0.25) is 0 Å². The molecular formula is C11H15ClO2. The Morgan fingerprint density at radius 2 is 2.14 bits per heavy atom. The lowest BCUT2D eigenvalue weighted by Crippen LogP contribution is -1.83. The normalized spacial score (nSPS) is 14.4.